The summed E-state index contributed by atoms with van der Waals surface area (Å²) in [5.41, 5.74) is 4.37. The Hall–Kier alpha value is -2.47. The number of halogens is 1. The second kappa shape index (κ2) is 5.45. The molecule has 0 saturated heterocycles. The fraction of sp³-hybridized carbons (Fsp3) is 0.0769. The number of carbonyl (C=O) groups is 1. The Morgan fingerprint density at radius 1 is 1.32 bits per heavy atom. The number of nitrogen functional groups attached to an aromatic ring is 1. The molecule has 1 amide bonds. The number of aryl methyl sites for hydroxylation is 1. The van der Waals surface area contributed by atoms with Crippen LogP contribution in [0.4, 0.5) is 15.8 Å². The lowest BCUT2D eigenvalue weighted by atomic mass is 10.1. The zero-order chi connectivity index (χ0) is 13.8. The Kier molecular flexibility index (Phi) is 3.72. The zero-order valence-corrected chi connectivity index (χ0v) is 10.3. The molecule has 4 N–H and O–H groups in total. The van der Waals surface area contributed by atoms with Crippen LogP contribution in [0.25, 0.3) is 0 Å². The molecule has 0 bridgehead atoms. The van der Waals surface area contributed by atoms with E-state index in [4.69, 9.17) is 5.84 Å². The normalized spacial score (nSPS) is 10.1. The van der Waals surface area contributed by atoms with Crippen LogP contribution in [0.15, 0.2) is 36.7 Å². The molecule has 1 aromatic heterocycles. The summed E-state index contributed by atoms with van der Waals surface area (Å²) in [6, 6.07) is 5.70. The molecular weight excluding hydrogens is 247 g/mol. The van der Waals surface area contributed by atoms with Crippen LogP contribution in [0.1, 0.15) is 15.9 Å². The minimum Gasteiger partial charge on any atom is -0.322 e. The van der Waals surface area contributed by atoms with Crippen molar-refractivity contribution in [3.05, 3.63) is 53.6 Å². The van der Waals surface area contributed by atoms with Gasteiger partial charge in [-0.1, -0.05) is 0 Å². The number of pyridine rings is 1. The maximum absolute atomic E-state index is 13.0. The number of nitrogens with zero attached hydrogens (tertiary/aromatic N) is 1. The van der Waals surface area contributed by atoms with Gasteiger partial charge in [-0.05, 0) is 36.8 Å². The van der Waals surface area contributed by atoms with Crippen molar-refractivity contribution in [1.82, 2.24) is 4.98 Å². The largest absolute Gasteiger partial charge is 0.322 e. The first-order chi connectivity index (χ1) is 9.11. The molecule has 0 spiro atoms. The van der Waals surface area contributed by atoms with Crippen LogP contribution < -0.4 is 16.6 Å². The molecule has 0 aliphatic heterocycles. The number of amides is 1. The highest BCUT2D eigenvalue weighted by Crippen LogP contribution is 2.19. The van der Waals surface area contributed by atoms with Gasteiger partial charge in [-0.15, -0.1) is 0 Å². The Morgan fingerprint density at radius 3 is 2.79 bits per heavy atom. The van der Waals surface area contributed by atoms with Gasteiger partial charge >= 0.3 is 0 Å². The molecule has 6 heteroatoms. The lowest BCUT2D eigenvalue weighted by Crippen LogP contribution is -2.17. The molecule has 0 aliphatic carbocycles. The van der Waals surface area contributed by atoms with E-state index in [1.54, 1.807) is 13.0 Å². The molecule has 0 unspecified atom stereocenters. The first kappa shape index (κ1) is 13.0. The van der Waals surface area contributed by atoms with E-state index in [9.17, 15) is 9.18 Å². The number of nitrogens with one attached hydrogen (secondary N) is 2. The molecule has 2 aromatic rings. The predicted molar refractivity (Wildman–Crippen MR) is 71.1 cm³/mol. The number of hydrazine groups is 1. The molecule has 98 valence electrons. The van der Waals surface area contributed by atoms with Gasteiger partial charge in [0, 0.05) is 11.9 Å². The number of hydrogen-bond donors (Lipinski definition) is 3. The van der Waals surface area contributed by atoms with Crippen molar-refractivity contribution < 1.29 is 9.18 Å². The first-order valence-electron chi connectivity index (χ1n) is 5.60. The molecule has 0 atom stereocenters. The van der Waals surface area contributed by atoms with Crippen molar-refractivity contribution in [2.45, 2.75) is 6.92 Å². The van der Waals surface area contributed by atoms with Gasteiger partial charge < -0.3 is 10.7 Å². The molecule has 1 aromatic carbocycles. The highest BCUT2D eigenvalue weighted by Gasteiger charge is 2.12. The van der Waals surface area contributed by atoms with Crippen LogP contribution in [0.2, 0.25) is 0 Å². The molecular formula is C13H13FN4O. The third-order valence-corrected chi connectivity index (χ3v) is 2.66. The van der Waals surface area contributed by atoms with E-state index in [-0.39, 0.29) is 11.7 Å². The maximum Gasteiger partial charge on any atom is 0.257 e. The van der Waals surface area contributed by atoms with Crippen LogP contribution in [0.3, 0.4) is 0 Å². The summed E-state index contributed by atoms with van der Waals surface area (Å²) in [7, 11) is 0. The predicted octanol–water partition coefficient (Wildman–Crippen LogP) is 2.07. The van der Waals surface area contributed by atoms with Crippen LogP contribution in [0, 0.1) is 12.7 Å². The van der Waals surface area contributed by atoms with Crippen molar-refractivity contribution in [2.75, 3.05) is 10.7 Å². The van der Waals surface area contributed by atoms with Gasteiger partial charge in [-0.25, -0.2) is 4.39 Å². The summed E-state index contributed by atoms with van der Waals surface area (Å²) in [5.74, 6) is 4.63. The lowest BCUT2D eigenvalue weighted by Gasteiger charge is -2.10. The van der Waals surface area contributed by atoms with E-state index in [0.717, 1.165) is 0 Å². The topological polar surface area (TPSA) is 80.0 Å². The first-order valence-corrected chi connectivity index (χ1v) is 5.60. The number of hydrogen-bond acceptors (Lipinski definition) is 4. The molecule has 5 nitrogen and oxygen atoms in total. The highest BCUT2D eigenvalue weighted by molar-refractivity contribution is 6.08. The van der Waals surface area contributed by atoms with Crippen LogP contribution >= 0.6 is 0 Å². The van der Waals surface area contributed by atoms with Crippen molar-refractivity contribution in [3.63, 3.8) is 0 Å². The van der Waals surface area contributed by atoms with E-state index < -0.39 is 0 Å². The molecule has 1 heterocycles. The number of anilines is 2. The summed E-state index contributed by atoms with van der Waals surface area (Å²) < 4.78 is 13.0. The van der Waals surface area contributed by atoms with Crippen molar-refractivity contribution in [1.29, 1.82) is 0 Å². The summed E-state index contributed by atoms with van der Waals surface area (Å²) in [4.78, 5) is 16.0. The van der Waals surface area contributed by atoms with Gasteiger partial charge in [0.1, 0.15) is 5.82 Å². The van der Waals surface area contributed by atoms with E-state index in [2.05, 4.69) is 15.7 Å². The van der Waals surface area contributed by atoms with E-state index in [1.165, 1.54) is 30.6 Å². The second-order valence-corrected chi connectivity index (χ2v) is 3.98. The van der Waals surface area contributed by atoms with Crippen LogP contribution in [-0.4, -0.2) is 10.9 Å². The van der Waals surface area contributed by atoms with Crippen LogP contribution in [-0.2, 0) is 0 Å². The third-order valence-electron chi connectivity index (χ3n) is 2.66. The quantitative estimate of drug-likeness (QED) is 0.583. The maximum atomic E-state index is 13.0. The van der Waals surface area contributed by atoms with E-state index in [0.29, 0.717) is 22.5 Å². The number of aromatic nitrogens is 1. The summed E-state index contributed by atoms with van der Waals surface area (Å²) in [5, 5.41) is 2.70. The Morgan fingerprint density at radius 2 is 2.11 bits per heavy atom. The smallest absolute Gasteiger partial charge is 0.257 e. The lowest BCUT2D eigenvalue weighted by molar-refractivity contribution is 0.102. The van der Waals surface area contributed by atoms with Gasteiger partial charge in [-0.3, -0.25) is 15.6 Å². The fourth-order valence-corrected chi connectivity index (χ4v) is 1.66. The van der Waals surface area contributed by atoms with E-state index in [1.807, 2.05) is 0 Å². The van der Waals surface area contributed by atoms with Gasteiger partial charge in [0.25, 0.3) is 5.91 Å². The SMILES string of the molecule is Cc1cc(F)ccc1NC(=O)c1ccncc1NN. The monoisotopic (exact) mass is 260 g/mol. The fourth-order valence-electron chi connectivity index (χ4n) is 1.66. The molecule has 0 saturated carbocycles. The highest BCUT2D eigenvalue weighted by atomic mass is 19.1. The summed E-state index contributed by atoms with van der Waals surface area (Å²) >= 11 is 0. The summed E-state index contributed by atoms with van der Waals surface area (Å²) in [6.45, 7) is 1.72. The molecule has 0 radical (unpaired) electrons. The van der Waals surface area contributed by atoms with Gasteiger partial charge in [0.05, 0.1) is 17.4 Å². The Balaban J connectivity index is 2.26. The molecule has 0 fully saturated rings. The number of carbonyl (C=O) groups excluding carboxylic acids is 1. The number of benzene rings is 1. The summed E-state index contributed by atoms with van der Waals surface area (Å²) in [6.07, 6.45) is 2.94. The number of nitrogens with two attached hydrogens (primary N) is 1. The molecule has 0 aliphatic rings. The van der Waals surface area contributed by atoms with Gasteiger partial charge in [-0.2, -0.15) is 0 Å². The second-order valence-electron chi connectivity index (χ2n) is 3.98. The van der Waals surface area contributed by atoms with E-state index >= 15 is 0 Å². The molecule has 19 heavy (non-hydrogen) atoms. The van der Waals surface area contributed by atoms with Crippen molar-refractivity contribution in [3.8, 4) is 0 Å². The Bertz CT molecular complexity index is 615. The zero-order valence-electron chi connectivity index (χ0n) is 10.3. The average Bonchev–Trinajstić information content (AvgIpc) is 2.41. The van der Waals surface area contributed by atoms with Crippen LogP contribution in [0.5, 0.6) is 0 Å². The van der Waals surface area contributed by atoms with Gasteiger partial charge in [0.2, 0.25) is 0 Å². The molecule has 2 rings (SSSR count). The Labute approximate surface area is 109 Å². The minimum absolute atomic E-state index is 0.343. The third kappa shape index (κ3) is 2.86. The van der Waals surface area contributed by atoms with Crippen molar-refractivity contribution >= 4 is 17.3 Å². The standard InChI is InChI=1S/C13H13FN4O/c1-8-6-9(14)2-3-11(8)17-13(19)10-4-5-16-7-12(10)18-15/h2-7,18H,15H2,1H3,(H,17,19). The van der Waals surface area contributed by atoms with Crippen molar-refractivity contribution in [2.24, 2.45) is 5.84 Å². The average molecular weight is 260 g/mol. The minimum atomic E-state index is -0.344. The number of rotatable bonds is 3. The van der Waals surface area contributed by atoms with Gasteiger partial charge in [0.15, 0.2) is 0 Å².